The summed E-state index contributed by atoms with van der Waals surface area (Å²) in [6.07, 6.45) is 1.04. The Balaban J connectivity index is 1.41. The van der Waals surface area contributed by atoms with Crippen LogP contribution >= 0.6 is 0 Å². The molecule has 1 heterocycles. The van der Waals surface area contributed by atoms with Gasteiger partial charge < -0.3 is 5.32 Å². The van der Waals surface area contributed by atoms with Crippen molar-refractivity contribution < 1.29 is 13.2 Å². The lowest BCUT2D eigenvalue weighted by molar-refractivity contribution is -0.126. The van der Waals surface area contributed by atoms with Crippen molar-refractivity contribution in [1.29, 1.82) is 0 Å². The molecule has 0 atom stereocenters. The number of carbonyl (C=O) groups is 1. The van der Waals surface area contributed by atoms with Crippen molar-refractivity contribution in [2.75, 3.05) is 19.6 Å². The molecule has 3 aromatic rings. The predicted molar refractivity (Wildman–Crippen MR) is 130 cm³/mol. The molecule has 0 saturated carbocycles. The number of carbonyl (C=O) groups excluding carboxylic acids is 1. The third kappa shape index (κ3) is 5.02. The number of nitrogens with zero attached hydrogens (tertiary/aromatic N) is 1. The van der Waals surface area contributed by atoms with Crippen molar-refractivity contribution in [2.45, 2.75) is 30.1 Å². The predicted octanol–water partition coefficient (Wildman–Crippen LogP) is 4.21. The van der Waals surface area contributed by atoms with Gasteiger partial charge in [0, 0.05) is 31.0 Å². The van der Waals surface area contributed by atoms with E-state index in [1.807, 2.05) is 36.4 Å². The Morgan fingerprint density at radius 2 is 1.30 bits per heavy atom. The zero-order valence-electron chi connectivity index (χ0n) is 18.9. The van der Waals surface area contributed by atoms with Crippen LogP contribution in [0.1, 0.15) is 30.9 Å². The fourth-order valence-corrected chi connectivity index (χ4v) is 5.98. The van der Waals surface area contributed by atoms with Gasteiger partial charge in [0.2, 0.25) is 15.9 Å². The first-order valence-electron chi connectivity index (χ1n) is 11.4. The van der Waals surface area contributed by atoms with E-state index in [9.17, 15) is 13.2 Å². The number of hydrogen-bond donors (Lipinski definition) is 1. The first-order valence-corrected chi connectivity index (χ1v) is 12.8. The summed E-state index contributed by atoms with van der Waals surface area (Å²) in [5.74, 6) is -0.201. The Labute approximate surface area is 196 Å². The number of sulfonamides is 1. The second kappa shape index (κ2) is 9.89. The normalized spacial score (nSPS) is 15.8. The molecule has 0 aliphatic carbocycles. The lowest BCUT2D eigenvalue weighted by Gasteiger charge is -2.34. The van der Waals surface area contributed by atoms with Crippen LogP contribution in [-0.2, 0) is 20.2 Å². The summed E-state index contributed by atoms with van der Waals surface area (Å²) in [7, 11) is -3.52. The fraction of sp³-hybridized carbons (Fsp3) is 0.296. The standard InChI is InChI=1S/C27H30N2O3S/c1-27(23-11-5-2-6-12-23,24-13-7-3-8-14-24)21-28-26(30)22-17-19-29(20-18-22)33(31,32)25-15-9-4-10-16-25/h2-16,22H,17-21H2,1H3,(H,28,30). The Morgan fingerprint density at radius 3 is 1.79 bits per heavy atom. The first kappa shape index (κ1) is 23.2. The highest BCUT2D eigenvalue weighted by Crippen LogP contribution is 2.32. The van der Waals surface area contributed by atoms with Gasteiger partial charge in [-0.1, -0.05) is 78.9 Å². The summed E-state index contributed by atoms with van der Waals surface area (Å²) in [5.41, 5.74) is 1.91. The molecule has 0 radical (unpaired) electrons. The van der Waals surface area contributed by atoms with Crippen LogP contribution in [0.5, 0.6) is 0 Å². The third-order valence-corrected chi connectivity index (χ3v) is 8.56. The Hall–Kier alpha value is -2.96. The van der Waals surface area contributed by atoms with Crippen LogP contribution in [0.4, 0.5) is 0 Å². The van der Waals surface area contributed by atoms with Gasteiger partial charge in [0.15, 0.2) is 0 Å². The molecule has 6 heteroatoms. The summed E-state index contributed by atoms with van der Waals surface area (Å²) < 4.78 is 27.2. The number of hydrogen-bond acceptors (Lipinski definition) is 3. The van der Waals surface area contributed by atoms with Crippen molar-refractivity contribution in [3.05, 3.63) is 102 Å². The molecule has 0 spiro atoms. The number of rotatable bonds is 7. The van der Waals surface area contributed by atoms with Gasteiger partial charge in [-0.05, 0) is 43.0 Å². The van der Waals surface area contributed by atoms with E-state index in [2.05, 4.69) is 36.5 Å². The molecule has 0 aromatic heterocycles. The lowest BCUT2D eigenvalue weighted by atomic mass is 9.76. The van der Waals surface area contributed by atoms with Crippen LogP contribution in [0.2, 0.25) is 0 Å². The van der Waals surface area contributed by atoms with Crippen LogP contribution < -0.4 is 5.32 Å². The van der Waals surface area contributed by atoms with Crippen molar-refractivity contribution in [3.63, 3.8) is 0 Å². The zero-order chi connectivity index (χ0) is 23.3. The van der Waals surface area contributed by atoms with Crippen LogP contribution in [-0.4, -0.2) is 38.3 Å². The van der Waals surface area contributed by atoms with E-state index in [0.717, 1.165) is 11.1 Å². The maximum absolute atomic E-state index is 13.1. The van der Waals surface area contributed by atoms with Gasteiger partial charge in [0.1, 0.15) is 0 Å². The smallest absolute Gasteiger partial charge is 0.243 e. The molecule has 5 nitrogen and oxygen atoms in total. The molecular formula is C27H30N2O3S. The number of amides is 1. The molecule has 172 valence electrons. The summed E-state index contributed by atoms with van der Waals surface area (Å²) >= 11 is 0. The maximum Gasteiger partial charge on any atom is 0.243 e. The monoisotopic (exact) mass is 462 g/mol. The van der Waals surface area contributed by atoms with Crippen molar-refractivity contribution >= 4 is 15.9 Å². The van der Waals surface area contributed by atoms with Gasteiger partial charge in [-0.3, -0.25) is 4.79 Å². The van der Waals surface area contributed by atoms with Crippen LogP contribution in [0.3, 0.4) is 0 Å². The van der Waals surface area contributed by atoms with Crippen molar-refractivity contribution in [1.82, 2.24) is 9.62 Å². The number of benzene rings is 3. The highest BCUT2D eigenvalue weighted by Gasteiger charge is 2.34. The van der Waals surface area contributed by atoms with Crippen LogP contribution in [0.25, 0.3) is 0 Å². The molecule has 33 heavy (non-hydrogen) atoms. The molecule has 3 aromatic carbocycles. The molecule has 1 saturated heterocycles. The fourth-order valence-electron chi connectivity index (χ4n) is 4.49. The van der Waals surface area contributed by atoms with Gasteiger partial charge >= 0.3 is 0 Å². The average Bonchev–Trinajstić information content (AvgIpc) is 2.88. The van der Waals surface area contributed by atoms with Gasteiger partial charge in [0.05, 0.1) is 4.90 Å². The highest BCUT2D eigenvalue weighted by molar-refractivity contribution is 7.89. The molecule has 1 aliphatic rings. The van der Waals surface area contributed by atoms with Crippen molar-refractivity contribution in [3.8, 4) is 0 Å². The minimum atomic E-state index is -3.52. The van der Waals surface area contributed by atoms with E-state index in [0.29, 0.717) is 37.4 Å². The zero-order valence-corrected chi connectivity index (χ0v) is 19.7. The molecule has 1 fully saturated rings. The summed E-state index contributed by atoms with van der Waals surface area (Å²) in [4.78, 5) is 13.4. The lowest BCUT2D eigenvalue weighted by Crippen LogP contribution is -2.46. The van der Waals surface area contributed by atoms with Gasteiger partial charge in [-0.15, -0.1) is 0 Å². The maximum atomic E-state index is 13.1. The highest BCUT2D eigenvalue weighted by atomic mass is 32.2. The van der Waals surface area contributed by atoms with Crippen LogP contribution in [0.15, 0.2) is 95.9 Å². The summed E-state index contributed by atoms with van der Waals surface area (Å²) in [6, 6.07) is 28.9. The van der Waals surface area contributed by atoms with E-state index in [-0.39, 0.29) is 17.2 Å². The molecule has 0 unspecified atom stereocenters. The van der Waals surface area contributed by atoms with Gasteiger partial charge in [0.25, 0.3) is 0 Å². The van der Waals surface area contributed by atoms with Gasteiger partial charge in [-0.25, -0.2) is 8.42 Å². The number of nitrogens with one attached hydrogen (secondary N) is 1. The van der Waals surface area contributed by atoms with Crippen LogP contribution in [0, 0.1) is 5.92 Å². The minimum absolute atomic E-state index is 0.00940. The SMILES string of the molecule is CC(CNC(=O)C1CCN(S(=O)(=O)c2ccccc2)CC1)(c1ccccc1)c1ccccc1. The second-order valence-electron chi connectivity index (χ2n) is 8.77. The minimum Gasteiger partial charge on any atom is -0.355 e. The average molecular weight is 463 g/mol. The van der Waals surface area contributed by atoms with E-state index in [1.54, 1.807) is 30.3 Å². The van der Waals surface area contributed by atoms with Gasteiger partial charge in [-0.2, -0.15) is 4.31 Å². The summed E-state index contributed by atoms with van der Waals surface area (Å²) in [6.45, 7) is 3.32. The van der Waals surface area contributed by atoms with E-state index in [4.69, 9.17) is 0 Å². The molecule has 1 aliphatic heterocycles. The summed E-state index contributed by atoms with van der Waals surface area (Å²) in [5, 5.41) is 3.17. The molecular weight excluding hydrogens is 432 g/mol. The first-order chi connectivity index (χ1) is 15.9. The van der Waals surface area contributed by atoms with E-state index >= 15 is 0 Å². The van der Waals surface area contributed by atoms with E-state index in [1.165, 1.54) is 4.31 Å². The Bertz CT molecular complexity index is 1120. The van der Waals surface area contributed by atoms with Crippen molar-refractivity contribution in [2.24, 2.45) is 5.92 Å². The largest absolute Gasteiger partial charge is 0.355 e. The second-order valence-corrected chi connectivity index (χ2v) is 10.7. The quantitative estimate of drug-likeness (QED) is 0.572. The Kier molecular flexibility index (Phi) is 6.96. The molecule has 0 bridgehead atoms. The molecule has 4 rings (SSSR count). The number of piperidine rings is 1. The van der Waals surface area contributed by atoms with E-state index < -0.39 is 10.0 Å². The molecule has 1 amide bonds. The Morgan fingerprint density at radius 1 is 0.848 bits per heavy atom. The topological polar surface area (TPSA) is 66.5 Å². The third-order valence-electron chi connectivity index (χ3n) is 6.64. The molecule has 1 N–H and O–H groups in total.